The van der Waals surface area contributed by atoms with E-state index in [-0.39, 0.29) is 16.4 Å². The highest BCUT2D eigenvalue weighted by molar-refractivity contribution is 7.80. The molecule has 1 heterocycles. The van der Waals surface area contributed by atoms with Crippen LogP contribution in [-0.4, -0.2) is 53.9 Å². The summed E-state index contributed by atoms with van der Waals surface area (Å²) in [4.78, 5) is 38.1. The lowest BCUT2D eigenvalue weighted by atomic mass is 10.1. The van der Waals surface area contributed by atoms with Crippen molar-refractivity contribution in [3.8, 4) is 11.5 Å². The Labute approximate surface area is 144 Å². The van der Waals surface area contributed by atoms with Crippen LogP contribution in [0.2, 0.25) is 0 Å². The zero-order chi connectivity index (χ0) is 18.0. The maximum absolute atomic E-state index is 12.3. The van der Waals surface area contributed by atoms with E-state index in [0.29, 0.717) is 11.3 Å². The Bertz CT molecular complexity index is 746. The lowest BCUT2D eigenvalue weighted by Crippen LogP contribution is -2.52. The van der Waals surface area contributed by atoms with Crippen LogP contribution in [0.15, 0.2) is 23.8 Å². The van der Waals surface area contributed by atoms with Gasteiger partial charge in [0.25, 0.3) is 11.8 Å². The molecule has 1 aromatic carbocycles. The van der Waals surface area contributed by atoms with E-state index >= 15 is 0 Å². The smallest absolute Gasteiger partial charge is 0.308 e. The first-order chi connectivity index (χ1) is 11.3. The number of ether oxygens (including phenoxy) is 2. The van der Waals surface area contributed by atoms with Crippen LogP contribution in [0.1, 0.15) is 12.5 Å². The van der Waals surface area contributed by atoms with Crippen molar-refractivity contribution in [3.05, 3.63) is 29.3 Å². The maximum atomic E-state index is 12.3. The molecule has 0 aliphatic carbocycles. The van der Waals surface area contributed by atoms with E-state index in [1.54, 1.807) is 12.1 Å². The van der Waals surface area contributed by atoms with E-state index < -0.39 is 17.8 Å². The Balaban J connectivity index is 2.43. The number of benzene rings is 1. The quantitative estimate of drug-likeness (QED) is 0.269. The van der Waals surface area contributed by atoms with Gasteiger partial charge in [0.15, 0.2) is 16.6 Å². The summed E-state index contributed by atoms with van der Waals surface area (Å²) in [7, 11) is 4.44. The van der Waals surface area contributed by atoms with E-state index in [9.17, 15) is 14.4 Å². The Hall–Kier alpha value is -2.74. The fourth-order valence-corrected chi connectivity index (χ4v) is 2.32. The van der Waals surface area contributed by atoms with Gasteiger partial charge in [-0.1, -0.05) is 6.07 Å². The SMILES string of the molecule is COc1cc(C=C2C(=O)N(C)C(=S)N(C)C2=O)ccc1OC(C)=O. The third kappa shape index (κ3) is 3.28. The molecule has 1 aliphatic rings. The van der Waals surface area contributed by atoms with Crippen LogP contribution in [0.5, 0.6) is 11.5 Å². The van der Waals surface area contributed by atoms with Crippen molar-refractivity contribution in [1.29, 1.82) is 0 Å². The largest absolute Gasteiger partial charge is 0.493 e. The summed E-state index contributed by atoms with van der Waals surface area (Å²) in [6, 6.07) is 4.71. The number of nitrogens with zero attached hydrogens (tertiary/aromatic N) is 2. The molecule has 2 amide bonds. The summed E-state index contributed by atoms with van der Waals surface area (Å²) in [5.41, 5.74) is 0.532. The number of carbonyl (C=O) groups excluding carboxylic acids is 3. The van der Waals surface area contributed by atoms with Gasteiger partial charge in [-0.05, 0) is 36.0 Å². The first-order valence-corrected chi connectivity index (χ1v) is 7.35. The van der Waals surface area contributed by atoms with Crippen LogP contribution < -0.4 is 9.47 Å². The van der Waals surface area contributed by atoms with Crippen LogP contribution in [-0.2, 0) is 14.4 Å². The van der Waals surface area contributed by atoms with Crippen LogP contribution >= 0.6 is 12.2 Å². The fraction of sp³-hybridized carbons (Fsp3) is 0.250. The first-order valence-electron chi connectivity index (χ1n) is 6.94. The molecule has 7 nitrogen and oxygen atoms in total. The molecule has 0 saturated carbocycles. The number of hydrogen-bond acceptors (Lipinski definition) is 6. The third-order valence-electron chi connectivity index (χ3n) is 3.40. The third-order valence-corrected chi connectivity index (χ3v) is 3.94. The van der Waals surface area contributed by atoms with Crippen LogP contribution in [0, 0.1) is 0 Å². The molecular weight excluding hydrogens is 332 g/mol. The second-order valence-electron chi connectivity index (χ2n) is 5.07. The predicted molar refractivity (Wildman–Crippen MR) is 90.4 cm³/mol. The van der Waals surface area contributed by atoms with Gasteiger partial charge in [0, 0.05) is 21.0 Å². The zero-order valence-corrected chi connectivity index (χ0v) is 14.5. The fourth-order valence-electron chi connectivity index (χ4n) is 2.15. The van der Waals surface area contributed by atoms with Crippen LogP contribution in [0.25, 0.3) is 6.08 Å². The Morgan fingerprint density at radius 3 is 2.21 bits per heavy atom. The summed E-state index contributed by atoms with van der Waals surface area (Å²) >= 11 is 5.03. The lowest BCUT2D eigenvalue weighted by Gasteiger charge is -2.31. The number of hydrogen-bond donors (Lipinski definition) is 0. The number of thiocarbonyl (C=S) groups is 1. The van der Waals surface area contributed by atoms with Gasteiger partial charge in [0.1, 0.15) is 5.57 Å². The number of amides is 2. The van der Waals surface area contributed by atoms with Gasteiger partial charge in [0.05, 0.1) is 7.11 Å². The molecule has 24 heavy (non-hydrogen) atoms. The summed E-state index contributed by atoms with van der Waals surface area (Å²) in [5, 5.41) is 0.143. The first kappa shape index (κ1) is 17.6. The van der Waals surface area contributed by atoms with Crippen molar-refractivity contribution in [2.75, 3.05) is 21.2 Å². The standard InChI is InChI=1S/C16H16N2O5S/c1-9(19)23-12-6-5-10(8-13(12)22-4)7-11-14(20)17(2)16(24)18(3)15(11)21/h5-8H,1-4H3. The van der Waals surface area contributed by atoms with Crippen molar-refractivity contribution >= 4 is 41.2 Å². The highest BCUT2D eigenvalue weighted by Crippen LogP contribution is 2.29. The molecule has 0 unspecified atom stereocenters. The summed E-state index contributed by atoms with van der Waals surface area (Å²) < 4.78 is 10.2. The predicted octanol–water partition coefficient (Wildman–Crippen LogP) is 1.22. The van der Waals surface area contributed by atoms with E-state index in [4.69, 9.17) is 21.7 Å². The minimum absolute atomic E-state index is 0.0177. The molecule has 0 aromatic heterocycles. The van der Waals surface area contributed by atoms with Crippen molar-refractivity contribution in [3.63, 3.8) is 0 Å². The normalized spacial score (nSPS) is 14.8. The molecule has 0 bridgehead atoms. The molecule has 0 atom stereocenters. The van der Waals surface area contributed by atoms with Crippen molar-refractivity contribution < 1.29 is 23.9 Å². The van der Waals surface area contributed by atoms with Gasteiger partial charge in [-0.3, -0.25) is 24.2 Å². The van der Waals surface area contributed by atoms with E-state index in [1.165, 1.54) is 50.1 Å². The average Bonchev–Trinajstić information content (AvgIpc) is 2.55. The zero-order valence-electron chi connectivity index (χ0n) is 13.7. The van der Waals surface area contributed by atoms with Gasteiger partial charge in [0.2, 0.25) is 0 Å². The average molecular weight is 348 g/mol. The molecule has 8 heteroatoms. The molecule has 0 spiro atoms. The van der Waals surface area contributed by atoms with Gasteiger partial charge in [-0.15, -0.1) is 0 Å². The second kappa shape index (κ2) is 6.79. The number of rotatable bonds is 3. The van der Waals surface area contributed by atoms with Crippen molar-refractivity contribution in [2.45, 2.75) is 6.92 Å². The number of methoxy groups -OCH3 is 1. The molecule has 1 aliphatic heterocycles. The molecule has 2 rings (SSSR count). The van der Waals surface area contributed by atoms with Gasteiger partial charge in [-0.25, -0.2) is 0 Å². The maximum Gasteiger partial charge on any atom is 0.308 e. The van der Waals surface area contributed by atoms with Crippen LogP contribution in [0.3, 0.4) is 0 Å². The summed E-state index contributed by atoms with van der Waals surface area (Å²) in [6.07, 6.45) is 1.44. The summed E-state index contributed by atoms with van der Waals surface area (Å²) in [5.74, 6) is -0.873. The van der Waals surface area contributed by atoms with Crippen molar-refractivity contribution in [2.24, 2.45) is 0 Å². The van der Waals surface area contributed by atoms with E-state index in [2.05, 4.69) is 0 Å². The molecule has 1 fully saturated rings. The molecular formula is C16H16N2O5S. The van der Waals surface area contributed by atoms with E-state index in [0.717, 1.165) is 0 Å². The number of esters is 1. The van der Waals surface area contributed by atoms with E-state index in [1.807, 2.05) is 0 Å². The van der Waals surface area contributed by atoms with Gasteiger partial charge in [-0.2, -0.15) is 0 Å². The molecule has 1 saturated heterocycles. The monoisotopic (exact) mass is 348 g/mol. The highest BCUT2D eigenvalue weighted by Gasteiger charge is 2.35. The number of likely N-dealkylation sites (N-methyl/N-ethyl adjacent to an activating group) is 2. The molecule has 0 N–H and O–H groups in total. The molecule has 126 valence electrons. The number of carbonyl (C=O) groups is 3. The second-order valence-corrected chi connectivity index (χ2v) is 5.44. The summed E-state index contributed by atoms with van der Waals surface area (Å²) in [6.45, 7) is 1.28. The van der Waals surface area contributed by atoms with Crippen molar-refractivity contribution in [1.82, 2.24) is 9.80 Å². The van der Waals surface area contributed by atoms with Gasteiger partial charge >= 0.3 is 5.97 Å². The lowest BCUT2D eigenvalue weighted by molar-refractivity contribution is -0.133. The van der Waals surface area contributed by atoms with Gasteiger partial charge < -0.3 is 9.47 Å². The highest BCUT2D eigenvalue weighted by atomic mass is 32.1. The van der Waals surface area contributed by atoms with Crippen LogP contribution in [0.4, 0.5) is 0 Å². The minimum Gasteiger partial charge on any atom is -0.493 e. The Kier molecular flexibility index (Phi) is 4.99. The topological polar surface area (TPSA) is 76.2 Å². The Morgan fingerprint density at radius 2 is 1.71 bits per heavy atom. The minimum atomic E-state index is -0.480. The molecule has 1 aromatic rings. The Morgan fingerprint density at radius 1 is 1.12 bits per heavy atom. The molecule has 0 radical (unpaired) electrons.